The fraction of sp³-hybridized carbons (Fsp3) is 0.360. The van der Waals surface area contributed by atoms with Crippen LogP contribution in [0.4, 0.5) is 5.69 Å². The van der Waals surface area contributed by atoms with Crippen molar-refractivity contribution < 1.29 is 4.74 Å². The molecule has 0 unspecified atom stereocenters. The Morgan fingerprint density at radius 2 is 1.87 bits per heavy atom. The van der Waals surface area contributed by atoms with Crippen molar-refractivity contribution in [2.24, 2.45) is 0 Å². The number of benzene rings is 1. The Bertz CT molecular complexity index is 1060. The number of anilines is 1. The van der Waals surface area contributed by atoms with Gasteiger partial charge in [-0.1, -0.05) is 6.07 Å². The number of aromatic nitrogens is 2. The van der Waals surface area contributed by atoms with Gasteiger partial charge in [0.15, 0.2) is 5.11 Å². The van der Waals surface area contributed by atoms with E-state index in [0.717, 1.165) is 17.1 Å². The molecular weight excluding hydrogens is 404 g/mol. The van der Waals surface area contributed by atoms with Crippen molar-refractivity contribution in [1.29, 1.82) is 0 Å². The van der Waals surface area contributed by atoms with E-state index >= 15 is 0 Å². The monoisotopic (exact) mass is 434 g/mol. The van der Waals surface area contributed by atoms with Crippen molar-refractivity contribution in [2.75, 3.05) is 11.5 Å². The van der Waals surface area contributed by atoms with E-state index in [0.29, 0.717) is 17.8 Å². The molecule has 0 bridgehead atoms. The van der Waals surface area contributed by atoms with Crippen molar-refractivity contribution in [2.45, 2.75) is 52.7 Å². The third-order valence-corrected chi connectivity index (χ3v) is 6.20. The number of nitrogens with zero attached hydrogens (tertiary/aromatic N) is 3. The van der Waals surface area contributed by atoms with Gasteiger partial charge in [0.05, 0.1) is 24.4 Å². The lowest BCUT2D eigenvalue weighted by Gasteiger charge is -2.28. The van der Waals surface area contributed by atoms with E-state index in [1.165, 1.54) is 17.0 Å². The van der Waals surface area contributed by atoms with Crippen LogP contribution in [0.5, 0.6) is 5.75 Å². The molecule has 3 heterocycles. The van der Waals surface area contributed by atoms with Gasteiger partial charge in [-0.3, -0.25) is 4.98 Å². The number of ether oxygens (including phenoxy) is 1. The summed E-state index contributed by atoms with van der Waals surface area (Å²) in [6, 6.07) is 16.9. The summed E-state index contributed by atoms with van der Waals surface area (Å²) in [4.78, 5) is 6.88. The molecular formula is C25H30N4OS. The lowest BCUT2D eigenvalue weighted by Crippen LogP contribution is -2.29. The van der Waals surface area contributed by atoms with Crippen LogP contribution in [0.15, 0.2) is 54.7 Å². The second kappa shape index (κ2) is 8.71. The lowest BCUT2D eigenvalue weighted by molar-refractivity contribution is 0.340. The van der Waals surface area contributed by atoms with E-state index in [9.17, 15) is 0 Å². The van der Waals surface area contributed by atoms with Crippen LogP contribution in [0.2, 0.25) is 0 Å². The minimum atomic E-state index is -0.0404. The first-order chi connectivity index (χ1) is 14.9. The van der Waals surface area contributed by atoms with Crippen LogP contribution in [0.3, 0.4) is 0 Å². The number of thiocarbonyl (C=S) groups is 1. The van der Waals surface area contributed by atoms with Crippen molar-refractivity contribution >= 4 is 23.0 Å². The first-order valence-electron chi connectivity index (χ1n) is 10.8. The predicted octanol–water partition coefficient (Wildman–Crippen LogP) is 5.66. The molecule has 2 atom stereocenters. The number of aryl methyl sites for hydroxylation is 1. The molecule has 0 saturated carbocycles. The standard InChI is InChI=1S/C25H30N4OS/c1-6-30-20-12-10-19(11-13-20)29-24(21-15-17(4)28(16(2)3)18(21)5)23(27-25(29)31)22-9-7-8-14-26-22/h7-16,23-24H,6H2,1-5H3,(H,27,31)/t23-,24-/m1/s1. The number of pyridine rings is 1. The Balaban J connectivity index is 1.84. The summed E-state index contributed by atoms with van der Waals surface area (Å²) in [6.45, 7) is 11.5. The average molecular weight is 435 g/mol. The average Bonchev–Trinajstić information content (AvgIpc) is 3.25. The van der Waals surface area contributed by atoms with Gasteiger partial charge in [0.2, 0.25) is 0 Å². The molecule has 2 aromatic heterocycles. The fourth-order valence-electron chi connectivity index (χ4n) is 4.72. The highest BCUT2D eigenvalue weighted by molar-refractivity contribution is 7.80. The van der Waals surface area contributed by atoms with Gasteiger partial charge in [0, 0.05) is 29.3 Å². The van der Waals surface area contributed by atoms with Crippen LogP contribution in [0.1, 0.15) is 61.5 Å². The third kappa shape index (κ3) is 3.92. The van der Waals surface area contributed by atoms with Crippen LogP contribution >= 0.6 is 12.2 Å². The molecule has 5 nitrogen and oxygen atoms in total. The molecule has 1 aromatic carbocycles. The molecule has 1 aliphatic heterocycles. The van der Waals surface area contributed by atoms with Crippen LogP contribution in [-0.4, -0.2) is 21.3 Å². The molecule has 162 valence electrons. The van der Waals surface area contributed by atoms with Gasteiger partial charge in [-0.05, 0) is 94.9 Å². The van der Waals surface area contributed by atoms with E-state index < -0.39 is 0 Å². The van der Waals surface area contributed by atoms with E-state index in [-0.39, 0.29) is 12.1 Å². The van der Waals surface area contributed by atoms with Crippen molar-refractivity contribution in [3.8, 4) is 5.75 Å². The van der Waals surface area contributed by atoms with Gasteiger partial charge in [0.25, 0.3) is 0 Å². The largest absolute Gasteiger partial charge is 0.494 e. The highest BCUT2D eigenvalue weighted by atomic mass is 32.1. The van der Waals surface area contributed by atoms with Crippen molar-refractivity contribution in [1.82, 2.24) is 14.9 Å². The summed E-state index contributed by atoms with van der Waals surface area (Å²) in [5.41, 5.74) is 5.81. The fourth-order valence-corrected chi connectivity index (χ4v) is 5.06. The third-order valence-electron chi connectivity index (χ3n) is 5.88. The zero-order valence-corrected chi connectivity index (χ0v) is 19.6. The number of nitrogens with one attached hydrogen (secondary N) is 1. The minimum Gasteiger partial charge on any atom is -0.494 e. The van der Waals surface area contributed by atoms with E-state index in [1.807, 2.05) is 37.4 Å². The molecule has 0 aliphatic carbocycles. The molecule has 4 rings (SSSR count). The minimum absolute atomic E-state index is 0.000886. The second-order valence-corrected chi connectivity index (χ2v) is 8.60. The topological polar surface area (TPSA) is 42.3 Å². The Morgan fingerprint density at radius 1 is 1.13 bits per heavy atom. The first-order valence-corrected chi connectivity index (χ1v) is 11.2. The highest BCUT2D eigenvalue weighted by Gasteiger charge is 2.42. The number of hydrogen-bond acceptors (Lipinski definition) is 3. The SMILES string of the molecule is CCOc1ccc(N2C(=S)N[C@H](c3ccccn3)[C@H]2c2cc(C)n(C(C)C)c2C)cc1. The normalized spacial score (nSPS) is 18.5. The Morgan fingerprint density at radius 3 is 2.45 bits per heavy atom. The zero-order valence-electron chi connectivity index (χ0n) is 18.8. The van der Waals surface area contributed by atoms with Crippen LogP contribution < -0.4 is 15.0 Å². The molecule has 31 heavy (non-hydrogen) atoms. The smallest absolute Gasteiger partial charge is 0.174 e. The first kappa shape index (κ1) is 21.4. The molecule has 1 saturated heterocycles. The molecule has 0 spiro atoms. The second-order valence-electron chi connectivity index (χ2n) is 8.21. The molecule has 0 radical (unpaired) electrons. The van der Waals surface area contributed by atoms with E-state index in [1.54, 1.807) is 0 Å². The summed E-state index contributed by atoms with van der Waals surface area (Å²) in [7, 11) is 0. The van der Waals surface area contributed by atoms with E-state index in [2.05, 4.69) is 71.7 Å². The Kier molecular flexibility index (Phi) is 6.01. The predicted molar refractivity (Wildman–Crippen MR) is 130 cm³/mol. The van der Waals surface area contributed by atoms with Gasteiger partial charge in [0.1, 0.15) is 5.75 Å². The maximum atomic E-state index is 5.84. The molecule has 6 heteroatoms. The highest BCUT2D eigenvalue weighted by Crippen LogP contribution is 2.43. The van der Waals surface area contributed by atoms with Crippen LogP contribution in [-0.2, 0) is 0 Å². The van der Waals surface area contributed by atoms with Crippen LogP contribution in [0, 0.1) is 13.8 Å². The number of rotatable bonds is 6. The van der Waals surface area contributed by atoms with Crippen LogP contribution in [0.25, 0.3) is 0 Å². The van der Waals surface area contributed by atoms with Gasteiger partial charge in [-0.25, -0.2) is 0 Å². The maximum absolute atomic E-state index is 5.84. The zero-order chi connectivity index (χ0) is 22.1. The van der Waals surface area contributed by atoms with Gasteiger partial charge in [-0.15, -0.1) is 0 Å². The molecule has 1 fully saturated rings. The summed E-state index contributed by atoms with van der Waals surface area (Å²) < 4.78 is 8.03. The van der Waals surface area contributed by atoms with Crippen molar-refractivity contribution in [3.63, 3.8) is 0 Å². The quantitative estimate of drug-likeness (QED) is 0.507. The molecule has 0 amide bonds. The summed E-state index contributed by atoms with van der Waals surface area (Å²) in [5.74, 6) is 0.861. The molecule has 1 N–H and O–H groups in total. The summed E-state index contributed by atoms with van der Waals surface area (Å²) in [5, 5.41) is 4.25. The van der Waals surface area contributed by atoms with Gasteiger partial charge >= 0.3 is 0 Å². The molecule has 3 aromatic rings. The van der Waals surface area contributed by atoms with Gasteiger partial charge < -0.3 is 19.5 Å². The lowest BCUT2D eigenvalue weighted by atomic mass is 9.96. The molecule has 1 aliphatic rings. The Hall–Kier alpha value is -2.86. The summed E-state index contributed by atoms with van der Waals surface area (Å²) in [6.07, 6.45) is 1.84. The van der Waals surface area contributed by atoms with Crippen molar-refractivity contribution in [3.05, 3.63) is 77.4 Å². The Labute approximate surface area is 190 Å². The number of hydrogen-bond donors (Lipinski definition) is 1. The maximum Gasteiger partial charge on any atom is 0.174 e. The van der Waals surface area contributed by atoms with E-state index in [4.69, 9.17) is 17.0 Å². The summed E-state index contributed by atoms with van der Waals surface area (Å²) >= 11 is 5.84. The van der Waals surface area contributed by atoms with Gasteiger partial charge in [-0.2, -0.15) is 0 Å².